The standard InChI is InChI=1S/C14H20N4O2.C7H5NS.C2H6/c1-9-4-3-5-18(8-9)14(20)13(19)17-11-6-10(2)12(15)16-7-11;1-2-4-7-6(3-1)8-5-9-7;1-2/h6-7,9H,3-5,8H2,1-2H3,(H2,15,16)(H,17,19);1-5H;1-2H3. The second-order valence-corrected chi connectivity index (χ2v) is 8.09. The predicted molar refractivity (Wildman–Crippen MR) is 128 cm³/mol. The van der Waals surface area contributed by atoms with Gasteiger partial charge in [-0.2, -0.15) is 0 Å². The van der Waals surface area contributed by atoms with Gasteiger partial charge in [0.15, 0.2) is 0 Å². The Kier molecular flexibility index (Phi) is 9.40. The number of pyridine rings is 1. The Morgan fingerprint density at radius 3 is 2.65 bits per heavy atom. The molecule has 0 spiro atoms. The molecule has 3 N–H and O–H groups in total. The lowest BCUT2D eigenvalue weighted by Crippen LogP contribution is -2.44. The number of anilines is 2. The fourth-order valence-electron chi connectivity index (χ4n) is 3.16. The molecule has 1 aliphatic heterocycles. The summed E-state index contributed by atoms with van der Waals surface area (Å²) in [7, 11) is 0. The molecule has 166 valence electrons. The van der Waals surface area contributed by atoms with Crippen LogP contribution in [-0.2, 0) is 9.59 Å². The number of piperidine rings is 1. The van der Waals surface area contributed by atoms with Gasteiger partial charge in [-0.25, -0.2) is 9.97 Å². The van der Waals surface area contributed by atoms with Crippen molar-refractivity contribution in [1.29, 1.82) is 0 Å². The molecule has 2 amide bonds. The van der Waals surface area contributed by atoms with Gasteiger partial charge in [0.25, 0.3) is 0 Å². The first-order valence-electron chi connectivity index (χ1n) is 10.5. The molecule has 1 atom stereocenters. The number of rotatable bonds is 1. The average Bonchev–Trinajstić information content (AvgIpc) is 3.26. The van der Waals surface area contributed by atoms with E-state index in [1.165, 1.54) is 10.9 Å². The minimum absolute atomic E-state index is 0.416. The molecule has 0 radical (unpaired) electrons. The second-order valence-electron chi connectivity index (χ2n) is 7.20. The Labute approximate surface area is 187 Å². The number of nitrogens with two attached hydrogens (primary N) is 1. The molecule has 1 aliphatic rings. The van der Waals surface area contributed by atoms with Crippen LogP contribution in [0.3, 0.4) is 0 Å². The van der Waals surface area contributed by atoms with Crippen LogP contribution in [0.2, 0.25) is 0 Å². The number of hydrogen-bond acceptors (Lipinski definition) is 6. The van der Waals surface area contributed by atoms with Gasteiger partial charge >= 0.3 is 11.8 Å². The largest absolute Gasteiger partial charge is 0.383 e. The summed E-state index contributed by atoms with van der Waals surface area (Å²) < 4.78 is 1.26. The van der Waals surface area contributed by atoms with Crippen molar-refractivity contribution in [2.24, 2.45) is 5.92 Å². The van der Waals surface area contributed by atoms with Crippen molar-refractivity contribution in [3.05, 3.63) is 47.6 Å². The third kappa shape index (κ3) is 7.03. The Balaban J connectivity index is 0.000000256. The molecule has 31 heavy (non-hydrogen) atoms. The first-order valence-corrected chi connectivity index (χ1v) is 11.4. The highest BCUT2D eigenvalue weighted by Crippen LogP contribution is 2.17. The molecular formula is C23H31N5O2S. The lowest BCUT2D eigenvalue weighted by molar-refractivity contribution is -0.144. The number of amides is 2. The zero-order valence-electron chi connectivity index (χ0n) is 18.6. The summed E-state index contributed by atoms with van der Waals surface area (Å²) in [6, 6.07) is 9.83. The fraction of sp³-hybridized carbons (Fsp3) is 0.391. The molecule has 3 heterocycles. The number of aryl methyl sites for hydroxylation is 1. The lowest BCUT2D eigenvalue weighted by atomic mass is 10.0. The number of likely N-dealkylation sites (tertiary alicyclic amines) is 1. The summed E-state index contributed by atoms with van der Waals surface area (Å²) in [5.74, 6) is -0.240. The summed E-state index contributed by atoms with van der Waals surface area (Å²) in [4.78, 5) is 33.7. The minimum atomic E-state index is -0.620. The Bertz CT molecular complexity index is 974. The van der Waals surface area contributed by atoms with Crippen LogP contribution in [-0.4, -0.2) is 39.8 Å². The molecule has 0 bridgehead atoms. The molecular weight excluding hydrogens is 410 g/mol. The number of hydrogen-bond donors (Lipinski definition) is 2. The van der Waals surface area contributed by atoms with Gasteiger partial charge in [-0.15, -0.1) is 11.3 Å². The molecule has 1 aromatic carbocycles. The van der Waals surface area contributed by atoms with Crippen molar-refractivity contribution in [3.63, 3.8) is 0 Å². The molecule has 3 aromatic rings. The quantitative estimate of drug-likeness (QED) is 0.542. The van der Waals surface area contributed by atoms with Crippen LogP contribution in [0.4, 0.5) is 11.5 Å². The Hall–Kier alpha value is -3.00. The van der Waals surface area contributed by atoms with Gasteiger partial charge < -0.3 is 16.0 Å². The Morgan fingerprint density at radius 1 is 1.23 bits per heavy atom. The van der Waals surface area contributed by atoms with Crippen LogP contribution < -0.4 is 11.1 Å². The molecule has 0 aliphatic carbocycles. The number of nitrogens with zero attached hydrogens (tertiary/aromatic N) is 3. The van der Waals surface area contributed by atoms with Crippen molar-refractivity contribution in [1.82, 2.24) is 14.9 Å². The summed E-state index contributed by atoms with van der Waals surface area (Å²) in [6.07, 6.45) is 3.50. The van der Waals surface area contributed by atoms with E-state index in [1.807, 2.05) is 37.6 Å². The van der Waals surface area contributed by atoms with Gasteiger partial charge in [0.2, 0.25) is 0 Å². The topological polar surface area (TPSA) is 101 Å². The molecule has 7 nitrogen and oxygen atoms in total. The molecule has 1 fully saturated rings. The van der Waals surface area contributed by atoms with E-state index in [0.717, 1.165) is 23.9 Å². The molecule has 8 heteroatoms. The third-order valence-corrected chi connectivity index (χ3v) is 5.56. The highest BCUT2D eigenvalue weighted by Gasteiger charge is 2.26. The van der Waals surface area contributed by atoms with Crippen molar-refractivity contribution in [2.45, 2.75) is 40.5 Å². The van der Waals surface area contributed by atoms with E-state index in [2.05, 4.69) is 28.3 Å². The number of nitrogens with one attached hydrogen (secondary N) is 1. The minimum Gasteiger partial charge on any atom is -0.383 e. The van der Waals surface area contributed by atoms with Crippen LogP contribution in [0.1, 0.15) is 39.2 Å². The highest BCUT2D eigenvalue weighted by atomic mass is 32.1. The summed E-state index contributed by atoms with van der Waals surface area (Å²) in [5, 5.41) is 2.57. The van der Waals surface area contributed by atoms with Gasteiger partial charge in [0, 0.05) is 13.1 Å². The van der Waals surface area contributed by atoms with E-state index in [0.29, 0.717) is 30.5 Å². The number of nitrogen functional groups attached to an aromatic ring is 1. The summed E-state index contributed by atoms with van der Waals surface area (Å²) in [5.41, 5.74) is 9.83. The zero-order chi connectivity index (χ0) is 22.8. The van der Waals surface area contributed by atoms with Gasteiger partial charge in [0.05, 0.1) is 27.6 Å². The van der Waals surface area contributed by atoms with Crippen LogP contribution in [0.5, 0.6) is 0 Å². The molecule has 1 unspecified atom stereocenters. The maximum absolute atomic E-state index is 12.1. The first kappa shape index (κ1) is 24.3. The number of fused-ring (bicyclic) bond motifs is 1. The first-order chi connectivity index (χ1) is 14.9. The zero-order valence-corrected chi connectivity index (χ0v) is 19.4. The van der Waals surface area contributed by atoms with E-state index < -0.39 is 11.8 Å². The van der Waals surface area contributed by atoms with Gasteiger partial charge in [0.1, 0.15) is 5.82 Å². The van der Waals surface area contributed by atoms with Gasteiger partial charge in [-0.05, 0) is 49.4 Å². The average molecular weight is 442 g/mol. The molecule has 4 rings (SSSR count). The number of benzene rings is 1. The van der Waals surface area contributed by atoms with E-state index >= 15 is 0 Å². The number of carbonyl (C=O) groups is 2. The van der Waals surface area contributed by atoms with Crippen LogP contribution >= 0.6 is 11.3 Å². The van der Waals surface area contributed by atoms with Crippen molar-refractivity contribution in [2.75, 3.05) is 24.1 Å². The number of carbonyl (C=O) groups excluding carboxylic acids is 2. The highest BCUT2D eigenvalue weighted by molar-refractivity contribution is 7.16. The third-order valence-electron chi connectivity index (χ3n) is 4.75. The summed E-state index contributed by atoms with van der Waals surface area (Å²) in [6.45, 7) is 9.18. The number of aromatic nitrogens is 2. The number of thiazole rings is 1. The normalized spacial score (nSPS) is 15.2. The van der Waals surface area contributed by atoms with Crippen molar-refractivity contribution >= 4 is 44.9 Å². The molecule has 0 saturated carbocycles. The second kappa shape index (κ2) is 12.0. The Morgan fingerprint density at radius 2 is 1.97 bits per heavy atom. The fourth-order valence-corrected chi connectivity index (χ4v) is 3.84. The van der Waals surface area contributed by atoms with Gasteiger partial charge in [-0.3, -0.25) is 9.59 Å². The molecule has 2 aromatic heterocycles. The van der Waals surface area contributed by atoms with Crippen LogP contribution in [0.15, 0.2) is 42.0 Å². The number of para-hydroxylation sites is 1. The monoisotopic (exact) mass is 441 g/mol. The predicted octanol–water partition coefficient (Wildman–Crippen LogP) is 4.49. The maximum atomic E-state index is 12.1. The van der Waals surface area contributed by atoms with Crippen LogP contribution in [0.25, 0.3) is 10.2 Å². The van der Waals surface area contributed by atoms with E-state index in [9.17, 15) is 9.59 Å². The van der Waals surface area contributed by atoms with Crippen LogP contribution in [0, 0.1) is 12.8 Å². The smallest absolute Gasteiger partial charge is 0.313 e. The van der Waals surface area contributed by atoms with Crippen molar-refractivity contribution < 1.29 is 9.59 Å². The van der Waals surface area contributed by atoms with E-state index in [1.54, 1.807) is 29.2 Å². The SMILES string of the molecule is CC.Cc1cc(NC(=O)C(=O)N2CCCC(C)C2)cnc1N.c1ccc2scnc2c1. The van der Waals surface area contributed by atoms with Crippen molar-refractivity contribution in [3.8, 4) is 0 Å². The molecule has 1 saturated heterocycles. The maximum Gasteiger partial charge on any atom is 0.313 e. The van der Waals surface area contributed by atoms with E-state index in [4.69, 9.17) is 5.73 Å². The lowest BCUT2D eigenvalue weighted by Gasteiger charge is -2.30. The summed E-state index contributed by atoms with van der Waals surface area (Å²) >= 11 is 1.68. The van der Waals surface area contributed by atoms with Gasteiger partial charge in [-0.1, -0.05) is 32.9 Å². The van der Waals surface area contributed by atoms with E-state index in [-0.39, 0.29) is 0 Å².